The number of rotatable bonds is 10. The van der Waals surface area contributed by atoms with Crippen LogP contribution in [0.25, 0.3) is 0 Å². The molecule has 4 nitrogen and oxygen atoms in total. The van der Waals surface area contributed by atoms with Gasteiger partial charge in [-0.1, -0.05) is 13.8 Å². The summed E-state index contributed by atoms with van der Waals surface area (Å²) in [6.07, 6.45) is 4.75. The van der Waals surface area contributed by atoms with Crippen LogP contribution in [0.2, 0.25) is 0 Å². The number of methoxy groups -OCH3 is 1. The predicted molar refractivity (Wildman–Crippen MR) is 83.9 cm³/mol. The van der Waals surface area contributed by atoms with Crippen LogP contribution >= 0.6 is 0 Å². The van der Waals surface area contributed by atoms with Crippen molar-refractivity contribution >= 4 is 0 Å². The lowest BCUT2D eigenvalue weighted by Gasteiger charge is -2.28. The molecule has 0 aliphatic rings. The van der Waals surface area contributed by atoms with Crippen LogP contribution in [0.5, 0.6) is 0 Å². The van der Waals surface area contributed by atoms with Crippen molar-refractivity contribution in [1.29, 1.82) is 0 Å². The summed E-state index contributed by atoms with van der Waals surface area (Å²) in [5, 5.41) is 3.52. The Hall–Kier alpha value is -0.970. The normalized spacial score (nSPS) is 13.1. The Kier molecular flexibility index (Phi) is 8.42. The summed E-state index contributed by atoms with van der Waals surface area (Å²) in [5.41, 5.74) is 1.33. The minimum absolute atomic E-state index is 0.417. The summed E-state index contributed by atoms with van der Waals surface area (Å²) in [6, 6.07) is 4.58. The lowest BCUT2D eigenvalue weighted by atomic mass is 10.1. The molecule has 0 aliphatic carbocycles. The first-order valence-electron chi connectivity index (χ1n) is 7.42. The molecule has 1 rings (SSSR count). The predicted octanol–water partition coefficient (Wildman–Crippen LogP) is 1.82. The molecule has 1 atom stereocenters. The summed E-state index contributed by atoms with van der Waals surface area (Å²) in [5.74, 6) is 0.681. The van der Waals surface area contributed by atoms with Crippen molar-refractivity contribution < 1.29 is 4.74 Å². The SMILES string of the molecule is COCC(CNCC(C)C)N(C)CCc1ccncc1. The number of hydrogen-bond acceptors (Lipinski definition) is 4. The largest absolute Gasteiger partial charge is 0.383 e. The molecule has 1 unspecified atom stereocenters. The molecule has 4 heteroatoms. The van der Waals surface area contributed by atoms with Crippen molar-refractivity contribution in [3.63, 3.8) is 0 Å². The second kappa shape index (κ2) is 9.86. The Morgan fingerprint density at radius 1 is 1.25 bits per heavy atom. The highest BCUT2D eigenvalue weighted by Crippen LogP contribution is 2.03. The van der Waals surface area contributed by atoms with Crippen LogP contribution in [-0.2, 0) is 11.2 Å². The molecule has 0 aliphatic heterocycles. The zero-order valence-corrected chi connectivity index (χ0v) is 13.3. The maximum atomic E-state index is 5.34. The van der Waals surface area contributed by atoms with E-state index in [-0.39, 0.29) is 0 Å². The van der Waals surface area contributed by atoms with Gasteiger partial charge in [-0.2, -0.15) is 0 Å². The van der Waals surface area contributed by atoms with E-state index in [9.17, 15) is 0 Å². The fourth-order valence-corrected chi connectivity index (χ4v) is 2.11. The molecule has 1 aromatic rings. The highest BCUT2D eigenvalue weighted by molar-refractivity contribution is 5.09. The van der Waals surface area contributed by atoms with Crippen LogP contribution in [0.3, 0.4) is 0 Å². The molecular formula is C16H29N3O. The lowest BCUT2D eigenvalue weighted by molar-refractivity contribution is 0.105. The number of aromatic nitrogens is 1. The van der Waals surface area contributed by atoms with E-state index in [1.807, 2.05) is 12.4 Å². The average molecular weight is 279 g/mol. The topological polar surface area (TPSA) is 37.4 Å². The van der Waals surface area contributed by atoms with Crippen molar-refractivity contribution in [1.82, 2.24) is 15.2 Å². The second-order valence-electron chi connectivity index (χ2n) is 5.75. The summed E-state index contributed by atoms with van der Waals surface area (Å²) in [4.78, 5) is 6.42. The fraction of sp³-hybridized carbons (Fsp3) is 0.688. The van der Waals surface area contributed by atoms with Crippen LogP contribution in [0, 0.1) is 5.92 Å². The molecule has 0 amide bonds. The Labute approximate surface area is 123 Å². The summed E-state index contributed by atoms with van der Waals surface area (Å²) >= 11 is 0. The molecule has 0 saturated heterocycles. The van der Waals surface area contributed by atoms with Crippen molar-refractivity contribution in [3.8, 4) is 0 Å². The van der Waals surface area contributed by atoms with E-state index >= 15 is 0 Å². The smallest absolute Gasteiger partial charge is 0.0630 e. The van der Waals surface area contributed by atoms with E-state index in [0.717, 1.165) is 32.7 Å². The Balaban J connectivity index is 2.36. The van der Waals surface area contributed by atoms with Crippen LogP contribution in [0.4, 0.5) is 0 Å². The number of nitrogens with one attached hydrogen (secondary N) is 1. The second-order valence-corrected chi connectivity index (χ2v) is 5.75. The molecule has 1 aromatic heterocycles. The number of nitrogens with zero attached hydrogens (tertiary/aromatic N) is 2. The van der Waals surface area contributed by atoms with Crippen molar-refractivity contribution in [3.05, 3.63) is 30.1 Å². The molecule has 0 bridgehead atoms. The molecular weight excluding hydrogens is 250 g/mol. The maximum absolute atomic E-state index is 5.34. The standard InChI is InChI=1S/C16H29N3O/c1-14(2)11-18-12-16(13-20-4)19(3)10-7-15-5-8-17-9-6-15/h5-6,8-9,14,16,18H,7,10-13H2,1-4H3. The highest BCUT2D eigenvalue weighted by Gasteiger charge is 2.14. The van der Waals surface area contributed by atoms with Gasteiger partial charge in [0.1, 0.15) is 0 Å². The third kappa shape index (κ3) is 6.98. The van der Waals surface area contributed by atoms with Crippen LogP contribution in [0.1, 0.15) is 19.4 Å². The van der Waals surface area contributed by atoms with Crippen molar-refractivity contribution in [2.45, 2.75) is 26.3 Å². The first-order chi connectivity index (χ1) is 9.63. The molecule has 0 aromatic carbocycles. The molecule has 0 fully saturated rings. The van der Waals surface area contributed by atoms with Crippen LogP contribution in [-0.4, -0.2) is 56.3 Å². The number of ether oxygens (including phenoxy) is 1. The van der Waals surface area contributed by atoms with Gasteiger partial charge in [-0.15, -0.1) is 0 Å². The first-order valence-corrected chi connectivity index (χ1v) is 7.42. The van der Waals surface area contributed by atoms with Gasteiger partial charge in [0.15, 0.2) is 0 Å². The average Bonchev–Trinajstić information content (AvgIpc) is 2.44. The monoisotopic (exact) mass is 279 g/mol. The van der Waals surface area contributed by atoms with E-state index < -0.39 is 0 Å². The molecule has 0 spiro atoms. The fourth-order valence-electron chi connectivity index (χ4n) is 2.11. The highest BCUT2D eigenvalue weighted by atomic mass is 16.5. The van der Waals surface area contributed by atoms with E-state index in [0.29, 0.717) is 12.0 Å². The number of likely N-dealkylation sites (N-methyl/N-ethyl adjacent to an activating group) is 1. The maximum Gasteiger partial charge on any atom is 0.0630 e. The van der Waals surface area contributed by atoms with E-state index in [1.54, 1.807) is 7.11 Å². The first kappa shape index (κ1) is 17.1. The molecule has 1 N–H and O–H groups in total. The van der Waals surface area contributed by atoms with Gasteiger partial charge in [-0.05, 0) is 43.6 Å². The lowest BCUT2D eigenvalue weighted by Crippen LogP contribution is -2.44. The molecule has 0 radical (unpaired) electrons. The molecule has 114 valence electrons. The van der Waals surface area contributed by atoms with Gasteiger partial charge in [0.25, 0.3) is 0 Å². The summed E-state index contributed by atoms with van der Waals surface area (Å²) in [7, 11) is 3.94. The van der Waals surface area contributed by atoms with E-state index in [4.69, 9.17) is 4.74 Å². The van der Waals surface area contributed by atoms with Crippen molar-refractivity contribution in [2.24, 2.45) is 5.92 Å². The van der Waals surface area contributed by atoms with E-state index in [1.165, 1.54) is 5.56 Å². The van der Waals surface area contributed by atoms with Gasteiger partial charge < -0.3 is 10.1 Å². The van der Waals surface area contributed by atoms with Gasteiger partial charge in [-0.3, -0.25) is 9.88 Å². The van der Waals surface area contributed by atoms with Gasteiger partial charge in [0.05, 0.1) is 6.61 Å². The van der Waals surface area contributed by atoms with Gasteiger partial charge in [0, 0.05) is 38.6 Å². The third-order valence-electron chi connectivity index (χ3n) is 3.42. The minimum atomic E-state index is 0.417. The van der Waals surface area contributed by atoms with Gasteiger partial charge >= 0.3 is 0 Å². The Morgan fingerprint density at radius 3 is 2.55 bits per heavy atom. The van der Waals surface area contributed by atoms with Crippen LogP contribution in [0.15, 0.2) is 24.5 Å². The van der Waals surface area contributed by atoms with Crippen molar-refractivity contribution in [2.75, 3.05) is 40.4 Å². The number of pyridine rings is 1. The Morgan fingerprint density at radius 2 is 1.95 bits per heavy atom. The van der Waals surface area contributed by atoms with Gasteiger partial charge in [0.2, 0.25) is 0 Å². The molecule has 1 heterocycles. The van der Waals surface area contributed by atoms with E-state index in [2.05, 4.69) is 48.2 Å². The zero-order valence-electron chi connectivity index (χ0n) is 13.3. The summed E-state index contributed by atoms with van der Waals surface area (Å²) in [6.45, 7) is 8.27. The minimum Gasteiger partial charge on any atom is -0.383 e. The van der Waals surface area contributed by atoms with Gasteiger partial charge in [-0.25, -0.2) is 0 Å². The number of hydrogen-bond donors (Lipinski definition) is 1. The molecule has 20 heavy (non-hydrogen) atoms. The van der Waals surface area contributed by atoms with Crippen LogP contribution < -0.4 is 5.32 Å². The molecule has 0 saturated carbocycles. The quantitative estimate of drug-likeness (QED) is 0.709. The summed E-state index contributed by atoms with van der Waals surface area (Å²) < 4.78 is 5.34. The Bertz CT molecular complexity index is 343. The zero-order chi connectivity index (χ0) is 14.8. The third-order valence-corrected chi connectivity index (χ3v) is 3.42.